The van der Waals surface area contributed by atoms with E-state index in [1.165, 1.54) is 50.5 Å². The number of aryl methyl sites for hydroxylation is 1. The van der Waals surface area contributed by atoms with Crippen LogP contribution in [0.1, 0.15) is 67.8 Å². The van der Waals surface area contributed by atoms with E-state index in [4.69, 9.17) is 5.11 Å². The summed E-state index contributed by atoms with van der Waals surface area (Å²) >= 11 is 0. The van der Waals surface area contributed by atoms with Crippen molar-refractivity contribution in [3.8, 4) is 11.1 Å². The van der Waals surface area contributed by atoms with Gasteiger partial charge in [0.15, 0.2) is 0 Å². The van der Waals surface area contributed by atoms with E-state index in [0.29, 0.717) is 5.56 Å². The van der Waals surface area contributed by atoms with Gasteiger partial charge < -0.3 is 5.11 Å². The molecule has 2 aromatic rings. The van der Waals surface area contributed by atoms with Crippen LogP contribution in [-0.2, 0) is 6.42 Å². The van der Waals surface area contributed by atoms with E-state index in [2.05, 4.69) is 31.2 Å². The van der Waals surface area contributed by atoms with Crippen LogP contribution in [0.3, 0.4) is 0 Å². The Morgan fingerprint density at radius 3 is 1.79 bits per heavy atom. The second-order valence-corrected chi connectivity index (χ2v) is 6.45. The van der Waals surface area contributed by atoms with E-state index in [-0.39, 0.29) is 0 Å². The van der Waals surface area contributed by atoms with Gasteiger partial charge in [-0.05, 0) is 41.7 Å². The molecule has 128 valence electrons. The summed E-state index contributed by atoms with van der Waals surface area (Å²) in [6.45, 7) is 2.25. The smallest absolute Gasteiger partial charge is 0.335 e. The van der Waals surface area contributed by atoms with Gasteiger partial charge in [-0.15, -0.1) is 0 Å². The maximum absolute atomic E-state index is 10.9. The van der Waals surface area contributed by atoms with Gasteiger partial charge in [-0.25, -0.2) is 4.79 Å². The molecule has 2 rings (SSSR count). The quantitative estimate of drug-likeness (QED) is 0.517. The zero-order valence-electron chi connectivity index (χ0n) is 14.6. The number of hydrogen-bond acceptors (Lipinski definition) is 1. The average Bonchev–Trinajstić information content (AvgIpc) is 2.61. The van der Waals surface area contributed by atoms with Crippen LogP contribution < -0.4 is 0 Å². The molecule has 0 atom stereocenters. The van der Waals surface area contributed by atoms with Crippen LogP contribution in [0.5, 0.6) is 0 Å². The predicted molar refractivity (Wildman–Crippen MR) is 101 cm³/mol. The van der Waals surface area contributed by atoms with Crippen molar-refractivity contribution in [1.29, 1.82) is 0 Å². The molecule has 0 amide bonds. The van der Waals surface area contributed by atoms with E-state index < -0.39 is 5.97 Å². The van der Waals surface area contributed by atoms with Crippen molar-refractivity contribution in [2.24, 2.45) is 0 Å². The Morgan fingerprint density at radius 1 is 0.750 bits per heavy atom. The van der Waals surface area contributed by atoms with Gasteiger partial charge in [0, 0.05) is 0 Å². The molecular formula is C22H28O2. The van der Waals surface area contributed by atoms with E-state index in [1.807, 2.05) is 12.1 Å². The lowest BCUT2D eigenvalue weighted by Gasteiger charge is -2.06. The number of rotatable bonds is 10. The second kappa shape index (κ2) is 9.92. The summed E-state index contributed by atoms with van der Waals surface area (Å²) in [5, 5.41) is 8.95. The van der Waals surface area contributed by atoms with Crippen LogP contribution in [0.2, 0.25) is 0 Å². The van der Waals surface area contributed by atoms with Gasteiger partial charge in [0.1, 0.15) is 0 Å². The summed E-state index contributed by atoms with van der Waals surface area (Å²) in [7, 11) is 0. The number of unbranched alkanes of at least 4 members (excludes halogenated alkanes) is 6. The molecule has 1 N–H and O–H groups in total. The van der Waals surface area contributed by atoms with Crippen molar-refractivity contribution >= 4 is 5.97 Å². The fourth-order valence-corrected chi connectivity index (χ4v) is 2.96. The van der Waals surface area contributed by atoms with Crippen LogP contribution >= 0.6 is 0 Å². The fourth-order valence-electron chi connectivity index (χ4n) is 2.96. The van der Waals surface area contributed by atoms with E-state index in [1.54, 1.807) is 12.1 Å². The zero-order valence-corrected chi connectivity index (χ0v) is 14.6. The van der Waals surface area contributed by atoms with Crippen molar-refractivity contribution in [2.45, 2.75) is 58.3 Å². The summed E-state index contributed by atoms with van der Waals surface area (Å²) in [6, 6.07) is 15.7. The first-order valence-corrected chi connectivity index (χ1v) is 9.13. The molecule has 24 heavy (non-hydrogen) atoms. The summed E-state index contributed by atoms with van der Waals surface area (Å²) in [6.07, 6.45) is 10.5. The van der Waals surface area contributed by atoms with Gasteiger partial charge in [0.25, 0.3) is 0 Å². The molecule has 2 nitrogen and oxygen atoms in total. The van der Waals surface area contributed by atoms with E-state index in [0.717, 1.165) is 17.5 Å². The third kappa shape index (κ3) is 5.84. The lowest BCUT2D eigenvalue weighted by molar-refractivity contribution is 0.0697. The molecule has 0 aliphatic heterocycles. The van der Waals surface area contributed by atoms with Crippen molar-refractivity contribution in [2.75, 3.05) is 0 Å². The third-order valence-corrected chi connectivity index (χ3v) is 4.49. The Bertz CT molecular complexity index is 611. The Hall–Kier alpha value is -2.09. The molecule has 0 saturated heterocycles. The first-order valence-electron chi connectivity index (χ1n) is 9.13. The van der Waals surface area contributed by atoms with E-state index >= 15 is 0 Å². The van der Waals surface area contributed by atoms with Crippen LogP contribution in [0.25, 0.3) is 11.1 Å². The SMILES string of the molecule is CCCCCCCCCc1ccc(-c2ccc(C(=O)O)cc2)cc1. The fraction of sp³-hybridized carbons (Fsp3) is 0.409. The van der Waals surface area contributed by atoms with Crippen molar-refractivity contribution in [1.82, 2.24) is 0 Å². The standard InChI is InChI=1S/C22H28O2/c1-2-3-4-5-6-7-8-9-18-10-12-19(13-11-18)20-14-16-21(17-15-20)22(23)24/h10-17H,2-9H2,1H3,(H,23,24). The Labute approximate surface area is 145 Å². The van der Waals surface area contributed by atoms with Crippen LogP contribution in [-0.4, -0.2) is 11.1 Å². The summed E-state index contributed by atoms with van der Waals surface area (Å²) in [4.78, 5) is 10.9. The maximum Gasteiger partial charge on any atom is 0.335 e. The van der Waals surface area contributed by atoms with Gasteiger partial charge in [-0.2, -0.15) is 0 Å². The number of carboxylic acid groups (broad SMARTS) is 1. The molecule has 2 aromatic carbocycles. The first-order chi connectivity index (χ1) is 11.7. The van der Waals surface area contributed by atoms with Crippen LogP contribution in [0, 0.1) is 0 Å². The largest absolute Gasteiger partial charge is 0.478 e. The minimum atomic E-state index is -0.883. The second-order valence-electron chi connectivity index (χ2n) is 6.45. The molecule has 0 unspecified atom stereocenters. The molecule has 0 radical (unpaired) electrons. The monoisotopic (exact) mass is 324 g/mol. The Kier molecular flexibility index (Phi) is 7.54. The van der Waals surface area contributed by atoms with Crippen molar-refractivity contribution in [3.05, 3.63) is 59.7 Å². The molecule has 0 fully saturated rings. The van der Waals surface area contributed by atoms with Crippen LogP contribution in [0.15, 0.2) is 48.5 Å². The molecule has 0 aliphatic carbocycles. The molecule has 0 heterocycles. The Morgan fingerprint density at radius 2 is 1.25 bits per heavy atom. The normalized spacial score (nSPS) is 10.7. The molecule has 0 spiro atoms. The molecule has 0 bridgehead atoms. The molecule has 2 heteroatoms. The number of benzene rings is 2. The average molecular weight is 324 g/mol. The molecule has 0 aromatic heterocycles. The minimum absolute atomic E-state index is 0.328. The summed E-state index contributed by atoms with van der Waals surface area (Å²) < 4.78 is 0. The number of carboxylic acids is 1. The number of aromatic carboxylic acids is 1. The summed E-state index contributed by atoms with van der Waals surface area (Å²) in [5.41, 5.74) is 3.90. The molecule has 0 saturated carbocycles. The van der Waals surface area contributed by atoms with Gasteiger partial charge in [-0.1, -0.05) is 81.8 Å². The molecule has 0 aliphatic rings. The topological polar surface area (TPSA) is 37.3 Å². The predicted octanol–water partition coefficient (Wildman–Crippen LogP) is 6.34. The first kappa shape index (κ1) is 18.3. The van der Waals surface area contributed by atoms with Gasteiger partial charge in [0.05, 0.1) is 5.56 Å². The highest BCUT2D eigenvalue weighted by molar-refractivity contribution is 5.88. The van der Waals surface area contributed by atoms with Crippen LogP contribution in [0.4, 0.5) is 0 Å². The lowest BCUT2D eigenvalue weighted by atomic mass is 10.00. The summed E-state index contributed by atoms with van der Waals surface area (Å²) in [5.74, 6) is -0.883. The van der Waals surface area contributed by atoms with Gasteiger partial charge >= 0.3 is 5.97 Å². The van der Waals surface area contributed by atoms with Gasteiger partial charge in [-0.3, -0.25) is 0 Å². The molecular weight excluding hydrogens is 296 g/mol. The number of carbonyl (C=O) groups is 1. The zero-order chi connectivity index (χ0) is 17.2. The van der Waals surface area contributed by atoms with Gasteiger partial charge in [0.2, 0.25) is 0 Å². The Balaban J connectivity index is 1.79. The lowest BCUT2D eigenvalue weighted by Crippen LogP contribution is -1.95. The minimum Gasteiger partial charge on any atom is -0.478 e. The number of hydrogen-bond donors (Lipinski definition) is 1. The van der Waals surface area contributed by atoms with E-state index in [9.17, 15) is 4.79 Å². The van der Waals surface area contributed by atoms with Crippen molar-refractivity contribution in [3.63, 3.8) is 0 Å². The highest BCUT2D eigenvalue weighted by Crippen LogP contribution is 2.21. The highest BCUT2D eigenvalue weighted by Gasteiger charge is 2.03. The van der Waals surface area contributed by atoms with Crippen molar-refractivity contribution < 1.29 is 9.90 Å². The third-order valence-electron chi connectivity index (χ3n) is 4.49. The maximum atomic E-state index is 10.9. The highest BCUT2D eigenvalue weighted by atomic mass is 16.4.